The lowest BCUT2D eigenvalue weighted by Crippen LogP contribution is -2.25. The molecule has 2 aliphatic heterocycles. The van der Waals surface area contributed by atoms with Gasteiger partial charge in [-0.15, -0.1) is 0 Å². The Labute approximate surface area is 236 Å². The summed E-state index contributed by atoms with van der Waals surface area (Å²) in [6.07, 6.45) is 0.614. The maximum Gasteiger partial charge on any atom is 0.262 e. The summed E-state index contributed by atoms with van der Waals surface area (Å²) < 4.78 is 10.7. The minimum absolute atomic E-state index is 0.00177. The van der Waals surface area contributed by atoms with Gasteiger partial charge in [0.25, 0.3) is 5.91 Å². The van der Waals surface area contributed by atoms with E-state index in [4.69, 9.17) is 26.2 Å². The van der Waals surface area contributed by atoms with Crippen LogP contribution in [0.2, 0.25) is 5.02 Å². The predicted molar refractivity (Wildman–Crippen MR) is 155 cm³/mol. The number of carbonyl (C=O) groups excluding carboxylic acids is 2. The monoisotopic (exact) mass is 562 g/mol. The third-order valence-electron chi connectivity index (χ3n) is 6.33. The Morgan fingerprint density at radius 1 is 1.05 bits per heavy atom. The van der Waals surface area contributed by atoms with E-state index < -0.39 is 5.25 Å². The fourth-order valence-electron chi connectivity index (χ4n) is 4.38. The molecular formula is C29H27ClN4O4S. The summed E-state index contributed by atoms with van der Waals surface area (Å²) in [5, 5.41) is 9.99. The number of anilines is 1. The van der Waals surface area contributed by atoms with Gasteiger partial charge in [0.1, 0.15) is 16.7 Å². The fraction of sp³-hybridized carbons (Fsp3) is 0.241. The van der Waals surface area contributed by atoms with Crippen molar-refractivity contribution in [3.8, 4) is 11.5 Å². The number of nitrogens with one attached hydrogen (secondary N) is 1. The number of hydrazone groups is 1. The Balaban J connectivity index is 1.31. The van der Waals surface area contributed by atoms with Crippen LogP contribution in [-0.2, 0) is 9.59 Å². The maximum absolute atomic E-state index is 12.8. The average molecular weight is 563 g/mol. The summed E-state index contributed by atoms with van der Waals surface area (Å²) in [6, 6.07) is 22.2. The zero-order valence-corrected chi connectivity index (χ0v) is 23.0. The number of thioether (sulfide) groups is 1. The molecular weight excluding hydrogens is 536 g/mol. The van der Waals surface area contributed by atoms with E-state index in [2.05, 4.69) is 10.3 Å². The molecule has 2 amide bonds. The van der Waals surface area contributed by atoms with E-state index in [1.807, 2.05) is 55.5 Å². The molecule has 0 fully saturated rings. The first-order chi connectivity index (χ1) is 18.9. The number of methoxy groups -OCH3 is 1. The summed E-state index contributed by atoms with van der Waals surface area (Å²) >= 11 is 7.39. The van der Waals surface area contributed by atoms with Crippen molar-refractivity contribution in [2.75, 3.05) is 19.0 Å². The number of halogens is 1. The Hall–Kier alpha value is -3.82. The summed E-state index contributed by atoms with van der Waals surface area (Å²) in [5.41, 5.74) is 3.46. The standard InChI is InChI=1S/C29H27ClN4O4S/c1-3-38-23-14-10-21(11-15-23)31-27(35)17-26-28(36)32-29(39-26)34-25(19-4-8-20(30)9-5-19)16-24(33-34)18-6-12-22(37-2)13-7-18/h4-15,25-26H,3,16-17H2,1-2H3,(H,31,35). The number of hydrogen-bond acceptors (Lipinski definition) is 7. The number of rotatable bonds is 8. The van der Waals surface area contributed by atoms with Gasteiger partial charge >= 0.3 is 0 Å². The number of amidine groups is 1. The van der Waals surface area contributed by atoms with Gasteiger partial charge in [-0.1, -0.05) is 35.5 Å². The van der Waals surface area contributed by atoms with Gasteiger partial charge in [0.2, 0.25) is 5.91 Å². The number of nitrogens with zero attached hydrogens (tertiary/aromatic N) is 3. The molecule has 0 saturated heterocycles. The van der Waals surface area contributed by atoms with Crippen LogP contribution in [0.15, 0.2) is 82.9 Å². The normalized spacial score (nSPS) is 18.5. The van der Waals surface area contributed by atoms with Crippen molar-refractivity contribution in [3.05, 3.63) is 88.9 Å². The molecule has 200 valence electrons. The molecule has 2 aliphatic rings. The highest BCUT2D eigenvalue weighted by Crippen LogP contribution is 2.39. The van der Waals surface area contributed by atoms with Crippen molar-refractivity contribution in [1.82, 2.24) is 5.01 Å². The molecule has 1 N–H and O–H groups in total. The highest BCUT2D eigenvalue weighted by atomic mass is 35.5. The molecule has 39 heavy (non-hydrogen) atoms. The van der Waals surface area contributed by atoms with Crippen LogP contribution in [0.3, 0.4) is 0 Å². The van der Waals surface area contributed by atoms with E-state index >= 15 is 0 Å². The number of carbonyl (C=O) groups is 2. The van der Waals surface area contributed by atoms with E-state index in [0.717, 1.165) is 28.3 Å². The van der Waals surface area contributed by atoms with Crippen LogP contribution in [0, 0.1) is 0 Å². The first kappa shape index (κ1) is 26.8. The quantitative estimate of drug-likeness (QED) is 0.366. The number of benzene rings is 3. The van der Waals surface area contributed by atoms with Gasteiger partial charge in [-0.25, -0.2) is 5.01 Å². The highest BCUT2D eigenvalue weighted by Gasteiger charge is 2.39. The van der Waals surface area contributed by atoms with Crippen LogP contribution in [-0.4, -0.2) is 46.7 Å². The molecule has 2 atom stereocenters. The Morgan fingerprint density at radius 3 is 2.41 bits per heavy atom. The Kier molecular flexibility index (Phi) is 8.18. The SMILES string of the molecule is CCOc1ccc(NC(=O)CC2SC(N3N=C(c4ccc(OC)cc4)CC3c3ccc(Cl)cc3)=NC2=O)cc1. The number of aliphatic imine (C=N–C) groups is 1. The van der Waals surface area contributed by atoms with E-state index in [1.165, 1.54) is 11.8 Å². The third kappa shape index (κ3) is 6.26. The molecule has 0 aromatic heterocycles. The van der Waals surface area contributed by atoms with Gasteiger partial charge in [-0.05, 0) is 78.7 Å². The second kappa shape index (κ2) is 11.9. The number of ether oxygens (including phenoxy) is 2. The molecule has 0 spiro atoms. The molecule has 8 nitrogen and oxygen atoms in total. The third-order valence-corrected chi connectivity index (χ3v) is 7.73. The summed E-state index contributed by atoms with van der Waals surface area (Å²) in [6.45, 7) is 2.48. The minimum atomic E-state index is -0.631. The van der Waals surface area contributed by atoms with E-state index in [0.29, 0.717) is 28.9 Å². The molecule has 3 aromatic carbocycles. The Morgan fingerprint density at radius 2 is 1.74 bits per heavy atom. The van der Waals surface area contributed by atoms with Crippen LogP contribution >= 0.6 is 23.4 Å². The van der Waals surface area contributed by atoms with Crippen molar-refractivity contribution in [2.45, 2.75) is 31.1 Å². The zero-order chi connectivity index (χ0) is 27.4. The molecule has 10 heteroatoms. The average Bonchev–Trinajstić information content (AvgIpc) is 3.54. The smallest absolute Gasteiger partial charge is 0.262 e. The molecule has 0 aliphatic carbocycles. The van der Waals surface area contributed by atoms with Crippen molar-refractivity contribution in [1.29, 1.82) is 0 Å². The second-order valence-electron chi connectivity index (χ2n) is 8.94. The van der Waals surface area contributed by atoms with Gasteiger partial charge in [-0.2, -0.15) is 10.1 Å². The van der Waals surface area contributed by atoms with Gasteiger partial charge in [0.05, 0.1) is 25.5 Å². The van der Waals surface area contributed by atoms with E-state index in [9.17, 15) is 9.59 Å². The maximum atomic E-state index is 12.8. The predicted octanol–water partition coefficient (Wildman–Crippen LogP) is 5.93. The van der Waals surface area contributed by atoms with Crippen LogP contribution in [0.25, 0.3) is 0 Å². The first-order valence-corrected chi connectivity index (χ1v) is 13.8. The summed E-state index contributed by atoms with van der Waals surface area (Å²) in [5.74, 6) is 0.876. The zero-order valence-electron chi connectivity index (χ0n) is 21.5. The minimum Gasteiger partial charge on any atom is -0.497 e. The fourth-order valence-corrected chi connectivity index (χ4v) is 5.56. The molecule has 2 heterocycles. The van der Waals surface area contributed by atoms with Gasteiger partial charge in [0.15, 0.2) is 5.17 Å². The van der Waals surface area contributed by atoms with Crippen molar-refractivity contribution < 1.29 is 19.1 Å². The summed E-state index contributed by atoms with van der Waals surface area (Å²) in [7, 11) is 1.63. The largest absolute Gasteiger partial charge is 0.497 e. The lowest BCUT2D eigenvalue weighted by Gasteiger charge is -2.23. The number of hydrogen-bond donors (Lipinski definition) is 1. The van der Waals surface area contributed by atoms with Crippen LogP contribution in [0.4, 0.5) is 5.69 Å². The van der Waals surface area contributed by atoms with Crippen molar-refractivity contribution >= 4 is 51.7 Å². The van der Waals surface area contributed by atoms with E-state index in [1.54, 1.807) is 36.4 Å². The topological polar surface area (TPSA) is 92.6 Å². The molecule has 3 aromatic rings. The molecule has 0 saturated carbocycles. The van der Waals surface area contributed by atoms with Gasteiger partial charge in [0, 0.05) is 23.6 Å². The Bertz CT molecular complexity index is 1410. The summed E-state index contributed by atoms with van der Waals surface area (Å²) in [4.78, 5) is 29.9. The molecule has 5 rings (SSSR count). The second-order valence-corrected chi connectivity index (χ2v) is 10.5. The van der Waals surface area contributed by atoms with E-state index in [-0.39, 0.29) is 24.3 Å². The van der Waals surface area contributed by atoms with Gasteiger partial charge < -0.3 is 14.8 Å². The van der Waals surface area contributed by atoms with Crippen LogP contribution in [0.5, 0.6) is 11.5 Å². The van der Waals surface area contributed by atoms with Crippen molar-refractivity contribution in [2.24, 2.45) is 10.1 Å². The lowest BCUT2D eigenvalue weighted by molar-refractivity contribution is -0.121. The molecule has 0 bridgehead atoms. The highest BCUT2D eigenvalue weighted by molar-refractivity contribution is 8.15. The van der Waals surface area contributed by atoms with Crippen molar-refractivity contribution in [3.63, 3.8) is 0 Å². The van der Waals surface area contributed by atoms with Gasteiger partial charge in [-0.3, -0.25) is 9.59 Å². The first-order valence-electron chi connectivity index (χ1n) is 12.5. The van der Waals surface area contributed by atoms with Crippen LogP contribution in [0.1, 0.15) is 36.9 Å². The molecule has 2 unspecified atom stereocenters. The van der Waals surface area contributed by atoms with Crippen LogP contribution < -0.4 is 14.8 Å². The number of amides is 2. The lowest BCUT2D eigenvalue weighted by atomic mass is 9.98. The molecule has 0 radical (unpaired) electrons.